The lowest BCUT2D eigenvalue weighted by Gasteiger charge is -2.21. The maximum absolute atomic E-state index is 12.3. The molecule has 0 heterocycles. The van der Waals surface area contributed by atoms with Crippen LogP contribution in [0.2, 0.25) is 0 Å². The molecule has 0 fully saturated rings. The summed E-state index contributed by atoms with van der Waals surface area (Å²) in [6, 6.07) is 7.20. The fourth-order valence-electron chi connectivity index (χ4n) is 1.55. The van der Waals surface area contributed by atoms with E-state index >= 15 is 0 Å². The monoisotopic (exact) mass is 287 g/mol. The second-order valence-corrected chi connectivity index (χ2v) is 4.34. The molecule has 0 aliphatic heterocycles. The van der Waals surface area contributed by atoms with Gasteiger partial charge in [-0.15, -0.1) is 0 Å². The first-order chi connectivity index (χ1) is 9.31. The van der Waals surface area contributed by atoms with Gasteiger partial charge in [0.25, 0.3) is 0 Å². The predicted octanol–water partition coefficient (Wildman–Crippen LogP) is 2.39. The number of alkyl halides is 3. The molecule has 6 heteroatoms. The van der Waals surface area contributed by atoms with Gasteiger partial charge in [-0.25, -0.2) is 0 Å². The fraction of sp³-hybridized carbons (Fsp3) is 0.357. The highest BCUT2D eigenvalue weighted by molar-refractivity contribution is 5.91. The number of carbonyl (C=O) groups is 1. The van der Waals surface area contributed by atoms with Crippen molar-refractivity contribution in [3.8, 4) is 0 Å². The lowest BCUT2D eigenvalue weighted by atomic mass is 10.1. The van der Waals surface area contributed by atoms with Crippen LogP contribution in [0.5, 0.6) is 0 Å². The van der Waals surface area contributed by atoms with E-state index in [1.807, 2.05) is 19.1 Å². The molecule has 1 rings (SSSR count). The molecule has 0 unspecified atom stereocenters. The summed E-state index contributed by atoms with van der Waals surface area (Å²) in [6.07, 6.45) is -1.96. The molecule has 0 saturated heterocycles. The number of nitrogens with zero attached hydrogens (tertiary/aromatic N) is 1. The van der Waals surface area contributed by atoms with Gasteiger partial charge in [0.05, 0.1) is 6.61 Å². The van der Waals surface area contributed by atoms with E-state index in [4.69, 9.17) is 5.11 Å². The van der Waals surface area contributed by atoms with Gasteiger partial charge >= 0.3 is 6.18 Å². The van der Waals surface area contributed by atoms with E-state index in [0.29, 0.717) is 4.90 Å². The Morgan fingerprint density at radius 1 is 1.30 bits per heavy atom. The first-order valence-corrected chi connectivity index (χ1v) is 6.03. The van der Waals surface area contributed by atoms with Crippen LogP contribution in [0.4, 0.5) is 13.2 Å². The zero-order valence-corrected chi connectivity index (χ0v) is 11.0. The molecule has 3 nitrogen and oxygen atoms in total. The molecule has 0 atom stereocenters. The van der Waals surface area contributed by atoms with Gasteiger partial charge in [0.2, 0.25) is 5.91 Å². The van der Waals surface area contributed by atoms with Crippen molar-refractivity contribution in [3.05, 3.63) is 41.5 Å². The van der Waals surface area contributed by atoms with Gasteiger partial charge in [-0.05, 0) is 18.6 Å². The molecular formula is C14H16F3NO2. The number of rotatable bonds is 5. The number of halogens is 3. The van der Waals surface area contributed by atoms with E-state index in [2.05, 4.69) is 0 Å². The minimum Gasteiger partial charge on any atom is -0.395 e. The van der Waals surface area contributed by atoms with Gasteiger partial charge < -0.3 is 10.0 Å². The zero-order chi connectivity index (χ0) is 15.2. The van der Waals surface area contributed by atoms with E-state index in [1.54, 1.807) is 12.1 Å². The van der Waals surface area contributed by atoms with Crippen LogP contribution >= 0.6 is 0 Å². The number of hydrogen-bond acceptors (Lipinski definition) is 2. The Balaban J connectivity index is 2.72. The number of aliphatic hydroxyl groups is 1. The summed E-state index contributed by atoms with van der Waals surface area (Å²) >= 11 is 0. The largest absolute Gasteiger partial charge is 0.406 e. The number of hydrogen-bond donors (Lipinski definition) is 1. The van der Waals surface area contributed by atoms with E-state index in [0.717, 1.165) is 17.2 Å². The van der Waals surface area contributed by atoms with Crippen LogP contribution in [0, 0.1) is 6.92 Å². The van der Waals surface area contributed by atoms with Crippen LogP contribution in [-0.4, -0.2) is 41.8 Å². The molecule has 20 heavy (non-hydrogen) atoms. The summed E-state index contributed by atoms with van der Waals surface area (Å²) in [4.78, 5) is 12.2. The Labute approximate surface area is 115 Å². The molecule has 0 bridgehead atoms. The second kappa shape index (κ2) is 7.09. The van der Waals surface area contributed by atoms with Crippen molar-refractivity contribution >= 4 is 12.0 Å². The van der Waals surface area contributed by atoms with E-state index in [-0.39, 0.29) is 6.54 Å². The lowest BCUT2D eigenvalue weighted by molar-refractivity contribution is -0.158. The third kappa shape index (κ3) is 5.88. The molecule has 0 radical (unpaired) electrons. The van der Waals surface area contributed by atoms with Crippen molar-refractivity contribution < 1.29 is 23.1 Å². The summed E-state index contributed by atoms with van der Waals surface area (Å²) in [6.45, 7) is -0.327. The van der Waals surface area contributed by atoms with Crippen molar-refractivity contribution in [2.45, 2.75) is 13.1 Å². The molecule has 1 aromatic carbocycles. The molecule has 1 aromatic rings. The molecule has 0 saturated carbocycles. The van der Waals surface area contributed by atoms with Crippen LogP contribution < -0.4 is 0 Å². The molecule has 110 valence electrons. The number of aliphatic hydroxyl groups excluding tert-OH is 1. The van der Waals surface area contributed by atoms with Crippen molar-refractivity contribution in [1.29, 1.82) is 0 Å². The maximum atomic E-state index is 12.3. The minimum atomic E-state index is -4.48. The number of carbonyl (C=O) groups excluding carboxylic acids is 1. The van der Waals surface area contributed by atoms with Crippen LogP contribution in [-0.2, 0) is 4.79 Å². The summed E-state index contributed by atoms with van der Waals surface area (Å²) in [5, 5.41) is 8.71. The van der Waals surface area contributed by atoms with Gasteiger partial charge in [-0.3, -0.25) is 4.79 Å². The third-order valence-electron chi connectivity index (χ3n) is 2.55. The first kappa shape index (κ1) is 16.2. The Morgan fingerprint density at radius 2 is 1.90 bits per heavy atom. The predicted molar refractivity (Wildman–Crippen MR) is 69.9 cm³/mol. The van der Waals surface area contributed by atoms with Crippen molar-refractivity contribution in [2.75, 3.05) is 19.7 Å². The summed E-state index contributed by atoms with van der Waals surface area (Å²) < 4.78 is 36.9. The summed E-state index contributed by atoms with van der Waals surface area (Å²) in [7, 11) is 0. The highest BCUT2D eigenvalue weighted by Gasteiger charge is 2.32. The van der Waals surface area contributed by atoms with Gasteiger partial charge in [-0.1, -0.05) is 29.8 Å². The number of amides is 1. The van der Waals surface area contributed by atoms with Crippen molar-refractivity contribution in [2.24, 2.45) is 0 Å². The van der Waals surface area contributed by atoms with Gasteiger partial charge in [0.15, 0.2) is 0 Å². The molecule has 1 amide bonds. The molecule has 0 spiro atoms. The SMILES string of the molecule is Cc1ccc(/C=C/C(=O)N(CCO)CC(F)(F)F)cc1. The first-order valence-electron chi connectivity index (χ1n) is 6.03. The van der Waals surface area contributed by atoms with Crippen LogP contribution in [0.1, 0.15) is 11.1 Å². The fourth-order valence-corrected chi connectivity index (χ4v) is 1.55. The zero-order valence-electron chi connectivity index (χ0n) is 11.0. The van der Waals surface area contributed by atoms with Gasteiger partial charge in [0.1, 0.15) is 6.54 Å². The second-order valence-electron chi connectivity index (χ2n) is 4.34. The molecule has 1 N–H and O–H groups in total. The maximum Gasteiger partial charge on any atom is 0.406 e. The normalized spacial score (nSPS) is 11.8. The Morgan fingerprint density at radius 3 is 2.40 bits per heavy atom. The Bertz CT molecular complexity index is 466. The Kier molecular flexibility index (Phi) is 5.76. The number of benzene rings is 1. The highest BCUT2D eigenvalue weighted by atomic mass is 19.4. The highest BCUT2D eigenvalue weighted by Crippen LogP contribution is 2.16. The quantitative estimate of drug-likeness (QED) is 0.845. The standard InChI is InChI=1S/C14H16F3NO2/c1-11-2-4-12(5-3-11)6-7-13(20)18(8-9-19)10-14(15,16)17/h2-7,19H,8-10H2,1H3/b7-6+. The molecule has 0 aromatic heterocycles. The van der Waals surface area contributed by atoms with E-state index < -0.39 is 25.2 Å². The molecule has 0 aliphatic carbocycles. The van der Waals surface area contributed by atoms with E-state index in [9.17, 15) is 18.0 Å². The van der Waals surface area contributed by atoms with Crippen molar-refractivity contribution in [1.82, 2.24) is 4.90 Å². The van der Waals surface area contributed by atoms with Gasteiger partial charge in [0, 0.05) is 12.6 Å². The van der Waals surface area contributed by atoms with Crippen LogP contribution in [0.3, 0.4) is 0 Å². The molecular weight excluding hydrogens is 271 g/mol. The Hall–Kier alpha value is -1.82. The average Bonchev–Trinajstić information content (AvgIpc) is 2.35. The van der Waals surface area contributed by atoms with E-state index in [1.165, 1.54) is 6.08 Å². The average molecular weight is 287 g/mol. The molecule has 0 aliphatic rings. The summed E-state index contributed by atoms with van der Waals surface area (Å²) in [5.74, 6) is -0.781. The van der Waals surface area contributed by atoms with Crippen molar-refractivity contribution in [3.63, 3.8) is 0 Å². The smallest absolute Gasteiger partial charge is 0.395 e. The lowest BCUT2D eigenvalue weighted by Crippen LogP contribution is -2.39. The van der Waals surface area contributed by atoms with Gasteiger partial charge in [-0.2, -0.15) is 13.2 Å². The third-order valence-corrected chi connectivity index (χ3v) is 2.55. The van der Waals surface area contributed by atoms with Crippen LogP contribution in [0.15, 0.2) is 30.3 Å². The minimum absolute atomic E-state index is 0.351. The number of aryl methyl sites for hydroxylation is 1. The topological polar surface area (TPSA) is 40.5 Å². The van der Waals surface area contributed by atoms with Crippen LogP contribution in [0.25, 0.3) is 6.08 Å². The summed E-state index contributed by atoms with van der Waals surface area (Å²) in [5.41, 5.74) is 1.77.